The SMILES string of the molecule is Cc1ccc(CCNC(=O)C2CCN(c3nc4ccc(Cl)cc4[nH]3)CC2)cc1. The molecule has 2 N–H and O–H groups in total. The van der Waals surface area contributed by atoms with Crippen LogP contribution in [0.1, 0.15) is 24.0 Å². The lowest BCUT2D eigenvalue weighted by Crippen LogP contribution is -2.41. The van der Waals surface area contributed by atoms with E-state index >= 15 is 0 Å². The van der Waals surface area contributed by atoms with E-state index in [1.807, 2.05) is 18.2 Å². The van der Waals surface area contributed by atoms with Crippen LogP contribution in [0.5, 0.6) is 0 Å². The second kappa shape index (κ2) is 8.23. The van der Waals surface area contributed by atoms with Crippen molar-refractivity contribution in [2.24, 2.45) is 5.92 Å². The maximum Gasteiger partial charge on any atom is 0.223 e. The molecule has 28 heavy (non-hydrogen) atoms. The Balaban J connectivity index is 1.27. The van der Waals surface area contributed by atoms with Crippen molar-refractivity contribution in [3.63, 3.8) is 0 Å². The highest BCUT2D eigenvalue weighted by atomic mass is 35.5. The summed E-state index contributed by atoms with van der Waals surface area (Å²) in [6, 6.07) is 14.1. The number of aryl methyl sites for hydroxylation is 1. The summed E-state index contributed by atoms with van der Waals surface area (Å²) >= 11 is 6.05. The summed E-state index contributed by atoms with van der Waals surface area (Å²) in [5.74, 6) is 1.10. The Morgan fingerprint density at radius 2 is 1.96 bits per heavy atom. The molecule has 1 aliphatic rings. The van der Waals surface area contributed by atoms with Crippen LogP contribution in [0.15, 0.2) is 42.5 Å². The van der Waals surface area contributed by atoms with Gasteiger partial charge in [0.2, 0.25) is 11.9 Å². The number of carbonyl (C=O) groups is 1. The number of aromatic amines is 1. The molecule has 6 heteroatoms. The van der Waals surface area contributed by atoms with Crippen molar-refractivity contribution in [1.82, 2.24) is 15.3 Å². The van der Waals surface area contributed by atoms with Gasteiger partial charge in [-0.1, -0.05) is 41.4 Å². The number of nitrogens with zero attached hydrogens (tertiary/aromatic N) is 2. The molecule has 1 fully saturated rings. The fourth-order valence-electron chi connectivity index (χ4n) is 3.70. The van der Waals surface area contributed by atoms with Crippen molar-refractivity contribution in [1.29, 1.82) is 0 Å². The molecule has 0 unspecified atom stereocenters. The van der Waals surface area contributed by atoms with Crippen molar-refractivity contribution in [3.05, 3.63) is 58.6 Å². The summed E-state index contributed by atoms with van der Waals surface area (Å²) in [7, 11) is 0. The van der Waals surface area contributed by atoms with Gasteiger partial charge in [0, 0.05) is 30.6 Å². The number of nitrogens with one attached hydrogen (secondary N) is 2. The van der Waals surface area contributed by atoms with E-state index in [9.17, 15) is 4.79 Å². The maximum absolute atomic E-state index is 12.5. The first-order valence-corrected chi connectivity index (χ1v) is 10.2. The van der Waals surface area contributed by atoms with E-state index in [0.29, 0.717) is 11.6 Å². The number of hydrogen-bond donors (Lipinski definition) is 2. The quantitative estimate of drug-likeness (QED) is 0.682. The van der Waals surface area contributed by atoms with Crippen LogP contribution in [0, 0.1) is 12.8 Å². The minimum Gasteiger partial charge on any atom is -0.356 e. The van der Waals surface area contributed by atoms with Crippen LogP contribution in [0.3, 0.4) is 0 Å². The number of aromatic nitrogens is 2. The first-order valence-electron chi connectivity index (χ1n) is 9.82. The summed E-state index contributed by atoms with van der Waals surface area (Å²) in [5, 5.41) is 3.80. The van der Waals surface area contributed by atoms with E-state index in [1.54, 1.807) is 0 Å². The maximum atomic E-state index is 12.5. The molecular formula is C22H25ClN4O. The Morgan fingerprint density at radius 1 is 1.21 bits per heavy atom. The molecule has 4 rings (SSSR count). The number of H-pyrrole nitrogens is 1. The summed E-state index contributed by atoms with van der Waals surface area (Å²) < 4.78 is 0. The van der Waals surface area contributed by atoms with Crippen LogP contribution in [-0.2, 0) is 11.2 Å². The Morgan fingerprint density at radius 3 is 2.71 bits per heavy atom. The molecule has 0 radical (unpaired) electrons. The van der Waals surface area contributed by atoms with Gasteiger partial charge in [0.05, 0.1) is 11.0 Å². The highest BCUT2D eigenvalue weighted by Crippen LogP contribution is 2.25. The number of rotatable bonds is 5. The molecule has 5 nitrogen and oxygen atoms in total. The summed E-state index contributed by atoms with van der Waals surface area (Å²) in [6.07, 6.45) is 2.55. The third kappa shape index (κ3) is 4.30. The number of carbonyl (C=O) groups excluding carboxylic acids is 1. The Hall–Kier alpha value is -2.53. The smallest absolute Gasteiger partial charge is 0.223 e. The van der Waals surface area contributed by atoms with Gasteiger partial charge >= 0.3 is 0 Å². The van der Waals surface area contributed by atoms with Crippen molar-refractivity contribution < 1.29 is 4.79 Å². The van der Waals surface area contributed by atoms with Crippen molar-refractivity contribution in [3.8, 4) is 0 Å². The predicted molar refractivity (Wildman–Crippen MR) is 114 cm³/mol. The zero-order chi connectivity index (χ0) is 19.5. The summed E-state index contributed by atoms with van der Waals surface area (Å²) in [4.78, 5) is 22.7. The fraction of sp³-hybridized carbons (Fsp3) is 0.364. The van der Waals surface area contributed by atoms with E-state index in [1.165, 1.54) is 11.1 Å². The van der Waals surface area contributed by atoms with E-state index in [4.69, 9.17) is 11.6 Å². The fourth-order valence-corrected chi connectivity index (χ4v) is 3.87. The number of fused-ring (bicyclic) bond motifs is 1. The molecule has 1 saturated heterocycles. The highest BCUT2D eigenvalue weighted by Gasteiger charge is 2.26. The minimum atomic E-state index is 0.0769. The molecule has 2 heterocycles. The molecule has 1 aromatic heterocycles. The van der Waals surface area contributed by atoms with Crippen LogP contribution in [-0.4, -0.2) is 35.5 Å². The van der Waals surface area contributed by atoms with Crippen LogP contribution in [0.25, 0.3) is 11.0 Å². The topological polar surface area (TPSA) is 61.0 Å². The molecule has 0 aliphatic carbocycles. The van der Waals surface area contributed by atoms with Gasteiger partial charge in [-0.25, -0.2) is 4.98 Å². The molecule has 0 spiro atoms. The highest BCUT2D eigenvalue weighted by molar-refractivity contribution is 6.31. The number of amides is 1. The van der Waals surface area contributed by atoms with Crippen molar-refractivity contribution >= 4 is 34.5 Å². The van der Waals surface area contributed by atoms with Crippen LogP contribution < -0.4 is 10.2 Å². The van der Waals surface area contributed by atoms with E-state index in [0.717, 1.165) is 49.3 Å². The normalized spacial score (nSPS) is 15.1. The van der Waals surface area contributed by atoms with Gasteiger partial charge in [0.25, 0.3) is 0 Å². The zero-order valence-corrected chi connectivity index (χ0v) is 16.8. The second-order valence-corrected chi connectivity index (χ2v) is 7.95. The molecule has 2 aromatic carbocycles. The van der Waals surface area contributed by atoms with E-state index in [2.05, 4.69) is 51.4 Å². The lowest BCUT2D eigenvalue weighted by molar-refractivity contribution is -0.125. The minimum absolute atomic E-state index is 0.0769. The molecular weight excluding hydrogens is 372 g/mol. The van der Waals surface area contributed by atoms with Crippen molar-refractivity contribution in [2.45, 2.75) is 26.2 Å². The Kier molecular flexibility index (Phi) is 5.53. The van der Waals surface area contributed by atoms with Gasteiger partial charge in [-0.3, -0.25) is 4.79 Å². The number of piperidine rings is 1. The zero-order valence-electron chi connectivity index (χ0n) is 16.0. The molecule has 0 saturated carbocycles. The number of halogens is 1. The number of anilines is 1. The Labute approximate surface area is 170 Å². The predicted octanol–water partition coefficient (Wildman–Crippen LogP) is 4.10. The average molecular weight is 397 g/mol. The Bertz CT molecular complexity index is 958. The standard InChI is InChI=1S/C22H25ClN4O/c1-15-2-4-16(5-3-15)8-11-24-21(28)17-9-12-27(13-10-17)22-25-19-7-6-18(23)14-20(19)26-22/h2-7,14,17H,8-13H2,1H3,(H,24,28)(H,25,26). The van der Waals surface area contributed by atoms with Gasteiger partial charge in [-0.05, 0) is 49.9 Å². The molecule has 0 bridgehead atoms. The second-order valence-electron chi connectivity index (χ2n) is 7.51. The molecule has 1 aliphatic heterocycles. The first-order chi connectivity index (χ1) is 13.6. The number of imidazole rings is 1. The van der Waals surface area contributed by atoms with Crippen molar-refractivity contribution in [2.75, 3.05) is 24.5 Å². The molecule has 1 amide bonds. The summed E-state index contributed by atoms with van der Waals surface area (Å²) in [6.45, 7) is 4.41. The monoisotopic (exact) mass is 396 g/mol. The van der Waals surface area contributed by atoms with Gasteiger partial charge in [0.15, 0.2) is 0 Å². The van der Waals surface area contributed by atoms with Crippen LogP contribution in [0.2, 0.25) is 5.02 Å². The molecule has 146 valence electrons. The first kappa shape index (κ1) is 18.8. The third-order valence-corrected chi connectivity index (χ3v) is 5.67. The number of benzene rings is 2. The lowest BCUT2D eigenvalue weighted by atomic mass is 9.96. The molecule has 0 atom stereocenters. The third-order valence-electron chi connectivity index (χ3n) is 5.43. The van der Waals surface area contributed by atoms with Gasteiger partial charge in [0.1, 0.15) is 0 Å². The van der Waals surface area contributed by atoms with Crippen LogP contribution in [0.4, 0.5) is 5.95 Å². The van der Waals surface area contributed by atoms with Gasteiger partial charge in [-0.15, -0.1) is 0 Å². The van der Waals surface area contributed by atoms with Gasteiger partial charge in [-0.2, -0.15) is 0 Å². The van der Waals surface area contributed by atoms with E-state index < -0.39 is 0 Å². The number of hydrogen-bond acceptors (Lipinski definition) is 3. The largest absolute Gasteiger partial charge is 0.356 e. The van der Waals surface area contributed by atoms with E-state index in [-0.39, 0.29) is 11.8 Å². The average Bonchev–Trinajstić information content (AvgIpc) is 3.12. The lowest BCUT2D eigenvalue weighted by Gasteiger charge is -2.31. The molecule has 3 aromatic rings. The van der Waals surface area contributed by atoms with Gasteiger partial charge < -0.3 is 15.2 Å². The summed E-state index contributed by atoms with van der Waals surface area (Å²) in [5.41, 5.74) is 4.37. The van der Waals surface area contributed by atoms with Crippen LogP contribution >= 0.6 is 11.6 Å².